The number of hydrogen-bond donors (Lipinski definition) is 0. The van der Waals surface area contributed by atoms with Crippen LogP contribution in [0.1, 0.15) is 58.8 Å². The van der Waals surface area contributed by atoms with Crippen molar-refractivity contribution in [1.29, 1.82) is 0 Å². The minimum Gasteiger partial charge on any atom is -0.743 e. The molecule has 0 aromatic carbocycles. The van der Waals surface area contributed by atoms with Crippen molar-refractivity contribution in [3.8, 4) is 0 Å². The summed E-state index contributed by atoms with van der Waals surface area (Å²) in [7, 11) is -6.77. The van der Waals surface area contributed by atoms with E-state index < -0.39 is 76.8 Å². The molecule has 0 aliphatic heterocycles. The topological polar surface area (TPSA) is 113 Å². The summed E-state index contributed by atoms with van der Waals surface area (Å²) in [5.74, 6) is -16.1. The van der Waals surface area contributed by atoms with Crippen LogP contribution in [0.4, 0.5) is 35.1 Å². The molecule has 8 nitrogen and oxygen atoms in total. The molecule has 0 heterocycles. The lowest BCUT2D eigenvalue weighted by atomic mass is 10.1. The van der Waals surface area contributed by atoms with Crippen LogP contribution in [-0.2, 0) is 29.2 Å². The molecular weight excluding hydrogens is 550 g/mol. The molecule has 218 valence electrons. The van der Waals surface area contributed by atoms with Crippen LogP contribution < -0.4 is 0 Å². The Morgan fingerprint density at radius 1 is 0.919 bits per heavy atom. The largest absolute Gasteiger partial charge is 0.743 e. The summed E-state index contributed by atoms with van der Waals surface area (Å²) in [5.41, 5.74) is 0. The van der Waals surface area contributed by atoms with E-state index in [1.165, 1.54) is 0 Å². The summed E-state index contributed by atoms with van der Waals surface area (Å²) in [4.78, 5) is 25.3. The van der Waals surface area contributed by atoms with E-state index in [-0.39, 0.29) is 25.9 Å². The number of carbonyl (C=O) groups excluding carboxylic acids is 2. The van der Waals surface area contributed by atoms with Gasteiger partial charge in [0.05, 0.1) is 6.61 Å². The second-order valence-electron chi connectivity index (χ2n) is 7.89. The Morgan fingerprint density at radius 2 is 1.41 bits per heavy atom. The van der Waals surface area contributed by atoms with Crippen molar-refractivity contribution in [2.75, 3.05) is 19.7 Å². The third kappa shape index (κ3) is 9.05. The first-order valence-corrected chi connectivity index (χ1v) is 12.4. The molecule has 17 heteroatoms. The summed E-state index contributed by atoms with van der Waals surface area (Å²) in [6.45, 7) is 4.03. The van der Waals surface area contributed by atoms with Gasteiger partial charge in [0.2, 0.25) is 5.83 Å². The van der Waals surface area contributed by atoms with Crippen LogP contribution in [0.5, 0.6) is 0 Å². The van der Waals surface area contributed by atoms with Crippen LogP contribution in [-0.4, -0.2) is 72.6 Å². The normalized spacial score (nSPS) is 14.7. The summed E-state index contributed by atoms with van der Waals surface area (Å²) < 4.78 is 149. The van der Waals surface area contributed by atoms with Gasteiger partial charge < -0.3 is 18.9 Å². The zero-order chi connectivity index (χ0) is 29.3. The molecule has 0 radical (unpaired) electrons. The monoisotopic (exact) mass is 578 g/mol. The van der Waals surface area contributed by atoms with Crippen LogP contribution in [0, 0.1) is 0 Å². The Balaban J connectivity index is 5.96. The molecule has 0 N–H and O–H groups in total. The van der Waals surface area contributed by atoms with Gasteiger partial charge in [-0.05, 0) is 25.7 Å². The minimum absolute atomic E-state index is 0.221. The van der Waals surface area contributed by atoms with Gasteiger partial charge in [0.1, 0.15) is 0 Å². The highest BCUT2D eigenvalue weighted by Crippen LogP contribution is 2.42. The van der Waals surface area contributed by atoms with Gasteiger partial charge in [-0.2, -0.15) is 35.1 Å². The van der Waals surface area contributed by atoms with Gasteiger partial charge in [0.25, 0.3) is 0 Å². The minimum atomic E-state index is -6.77. The summed E-state index contributed by atoms with van der Waals surface area (Å²) in [5, 5.41) is -6.00. The van der Waals surface area contributed by atoms with E-state index in [1.807, 2.05) is 0 Å². The van der Waals surface area contributed by atoms with Crippen LogP contribution in [0.25, 0.3) is 0 Å². The Hall–Kier alpha value is -2.01. The quantitative estimate of drug-likeness (QED) is 0.0616. The third-order valence-electron chi connectivity index (χ3n) is 4.89. The predicted molar refractivity (Wildman–Crippen MR) is 111 cm³/mol. The molecule has 0 aromatic rings. The van der Waals surface area contributed by atoms with Gasteiger partial charge >= 0.3 is 35.0 Å². The van der Waals surface area contributed by atoms with Crippen molar-refractivity contribution in [2.45, 2.75) is 81.9 Å². The highest BCUT2D eigenvalue weighted by molar-refractivity contribution is 7.86. The Bertz CT molecular complexity index is 888. The van der Waals surface area contributed by atoms with Gasteiger partial charge in [0.15, 0.2) is 10.1 Å². The first-order chi connectivity index (χ1) is 16.7. The number of alkyl halides is 7. The Morgan fingerprint density at radius 3 is 1.78 bits per heavy atom. The number of rotatable bonds is 17. The first-order valence-electron chi connectivity index (χ1n) is 11.0. The zero-order valence-corrected chi connectivity index (χ0v) is 20.8. The number of unbranched alkanes of at least 4 members (excludes halogenated alkanes) is 3. The second kappa shape index (κ2) is 13.7. The molecule has 0 aliphatic carbocycles. The number of carbonyl (C=O) groups is 2. The molecule has 0 saturated carbocycles. The first kappa shape index (κ1) is 35.0. The molecule has 1 unspecified atom stereocenters. The second-order valence-corrected chi connectivity index (χ2v) is 9.31. The van der Waals surface area contributed by atoms with Crippen LogP contribution in [0.3, 0.4) is 0 Å². The number of esters is 1. The van der Waals surface area contributed by atoms with E-state index in [4.69, 9.17) is 0 Å². The van der Waals surface area contributed by atoms with E-state index >= 15 is 0 Å². The number of hydrogen-bond acceptors (Lipinski definition) is 7. The van der Waals surface area contributed by atoms with E-state index in [9.17, 15) is 57.7 Å². The fourth-order valence-corrected chi connectivity index (χ4v) is 3.26. The predicted octanol–water partition coefficient (Wildman–Crippen LogP) is 4.66. The summed E-state index contributed by atoms with van der Waals surface area (Å²) in [6.07, 6.45) is -8.49. The molecule has 1 amide bonds. The molecule has 0 aliphatic rings. The molecule has 0 saturated heterocycles. The van der Waals surface area contributed by atoms with Crippen molar-refractivity contribution in [2.24, 2.45) is 0 Å². The van der Waals surface area contributed by atoms with E-state index in [0.29, 0.717) is 17.7 Å². The van der Waals surface area contributed by atoms with Crippen molar-refractivity contribution in [3.05, 3.63) is 12.4 Å². The van der Waals surface area contributed by atoms with Crippen molar-refractivity contribution in [3.63, 3.8) is 0 Å². The van der Waals surface area contributed by atoms with Crippen LogP contribution in [0.15, 0.2) is 12.4 Å². The van der Waals surface area contributed by atoms with Gasteiger partial charge in [-0.1, -0.05) is 33.3 Å². The third-order valence-corrected chi connectivity index (χ3v) is 5.82. The maximum absolute atomic E-state index is 14.1. The maximum atomic E-state index is 14.1. The average molecular weight is 578 g/mol. The van der Waals surface area contributed by atoms with Crippen LogP contribution in [0.2, 0.25) is 0 Å². The average Bonchev–Trinajstić information content (AvgIpc) is 2.75. The van der Waals surface area contributed by atoms with E-state index in [2.05, 4.69) is 16.1 Å². The molecule has 0 fully saturated rings. The van der Waals surface area contributed by atoms with Crippen LogP contribution >= 0.6 is 0 Å². The molecule has 0 aromatic heterocycles. The smallest absolute Gasteiger partial charge is 0.466 e. The number of halogens is 8. The zero-order valence-electron chi connectivity index (χ0n) is 20.0. The molecular formula is C20H28F8NO7S-. The van der Waals surface area contributed by atoms with Gasteiger partial charge in [-0.15, -0.1) is 0 Å². The summed E-state index contributed by atoms with van der Waals surface area (Å²) in [6, 6.07) is 0. The number of nitrogens with zero attached hydrogens (tertiary/aromatic N) is 1. The molecule has 0 rings (SSSR count). The Kier molecular flexibility index (Phi) is 12.9. The standard InChI is InChI=1S/C20H29F8NO7S/c1-4-6-11-29(12-7-5-2)16(31)18(19(24,25)26,36-15(30)14(3)21)35-13-9-8-10-17(22,23)20(27,28)37(32,33)34/h3-13H2,1-2H3,(H,32,33,34)/p-1. The highest BCUT2D eigenvalue weighted by Gasteiger charge is 2.67. The fourth-order valence-electron chi connectivity index (χ4n) is 2.80. The number of amides is 1. The van der Waals surface area contributed by atoms with Gasteiger partial charge in [-0.3, -0.25) is 4.79 Å². The number of ether oxygens (including phenoxy) is 2. The van der Waals surface area contributed by atoms with E-state index in [1.54, 1.807) is 13.8 Å². The molecule has 37 heavy (non-hydrogen) atoms. The lowest BCUT2D eigenvalue weighted by Gasteiger charge is -2.37. The van der Waals surface area contributed by atoms with Crippen molar-refractivity contribution < 1.29 is 67.2 Å². The SMILES string of the molecule is C=C(F)C(=O)OC(OCCCCC(F)(F)C(F)(F)S(=O)(=O)[O-])(C(=O)N(CCCC)CCCC)C(F)(F)F. The fraction of sp³-hybridized carbons (Fsp3) is 0.800. The highest BCUT2D eigenvalue weighted by atomic mass is 32.2. The lowest BCUT2D eigenvalue weighted by Crippen LogP contribution is -2.62. The molecule has 1 atom stereocenters. The molecule has 0 bridgehead atoms. The van der Waals surface area contributed by atoms with Crippen molar-refractivity contribution in [1.82, 2.24) is 4.90 Å². The van der Waals surface area contributed by atoms with Gasteiger partial charge in [0, 0.05) is 19.5 Å². The Labute approximate surface area is 208 Å². The lowest BCUT2D eigenvalue weighted by molar-refractivity contribution is -0.351. The van der Waals surface area contributed by atoms with E-state index in [0.717, 1.165) is 0 Å². The van der Waals surface area contributed by atoms with Gasteiger partial charge in [-0.25, -0.2) is 13.2 Å². The maximum Gasteiger partial charge on any atom is 0.466 e. The summed E-state index contributed by atoms with van der Waals surface area (Å²) >= 11 is 0. The molecule has 0 spiro atoms. The van der Waals surface area contributed by atoms with Crippen molar-refractivity contribution >= 4 is 22.0 Å².